The fourth-order valence-corrected chi connectivity index (χ4v) is 2.69. The molecule has 0 aliphatic heterocycles. The number of anilines is 1. The Hall–Kier alpha value is -1.71. The van der Waals surface area contributed by atoms with Crippen molar-refractivity contribution < 1.29 is 14.6 Å². The van der Waals surface area contributed by atoms with E-state index < -0.39 is 11.4 Å². The Bertz CT molecular complexity index is 480. The lowest BCUT2D eigenvalue weighted by atomic mass is 9.68. The van der Waals surface area contributed by atoms with Crippen LogP contribution in [-0.2, 0) is 4.79 Å². The molecule has 1 fully saturated rings. The van der Waals surface area contributed by atoms with Crippen molar-refractivity contribution in [3.8, 4) is 5.75 Å². The molecule has 1 N–H and O–H groups in total. The summed E-state index contributed by atoms with van der Waals surface area (Å²) in [6.07, 6.45) is 2.57. The van der Waals surface area contributed by atoms with Crippen LogP contribution in [0.15, 0.2) is 18.2 Å². The Labute approximate surface area is 114 Å². The molecule has 0 amide bonds. The number of carboxylic acids is 1. The smallest absolute Gasteiger partial charge is 0.311 e. The van der Waals surface area contributed by atoms with Crippen LogP contribution in [0.4, 0.5) is 5.69 Å². The van der Waals surface area contributed by atoms with Gasteiger partial charge in [0.15, 0.2) is 0 Å². The summed E-state index contributed by atoms with van der Waals surface area (Å²) in [5, 5.41) is 9.37. The average molecular weight is 263 g/mol. The lowest BCUT2D eigenvalue weighted by Gasteiger charge is -2.41. The van der Waals surface area contributed by atoms with E-state index in [9.17, 15) is 9.90 Å². The molecule has 19 heavy (non-hydrogen) atoms. The number of methoxy groups -OCH3 is 1. The molecule has 4 nitrogen and oxygen atoms in total. The van der Waals surface area contributed by atoms with Gasteiger partial charge in [-0.1, -0.05) is 6.42 Å². The number of carboxylic acid groups (broad SMARTS) is 1. The molecule has 0 atom stereocenters. The predicted molar refractivity (Wildman–Crippen MR) is 74.9 cm³/mol. The zero-order chi connectivity index (χ0) is 14.0. The van der Waals surface area contributed by atoms with E-state index in [1.54, 1.807) is 7.11 Å². The second-order valence-corrected chi connectivity index (χ2v) is 5.45. The zero-order valence-electron chi connectivity index (χ0n) is 11.8. The van der Waals surface area contributed by atoms with E-state index in [0.717, 1.165) is 36.3 Å². The normalized spacial score (nSPS) is 16.6. The molecule has 1 aromatic carbocycles. The van der Waals surface area contributed by atoms with Crippen molar-refractivity contribution in [1.82, 2.24) is 0 Å². The predicted octanol–water partition coefficient (Wildman–Crippen LogP) is 2.69. The third kappa shape index (κ3) is 2.53. The molecule has 0 heterocycles. The van der Waals surface area contributed by atoms with Gasteiger partial charge < -0.3 is 14.7 Å². The Balaban J connectivity index is 2.13. The molecule has 1 saturated carbocycles. The molecular weight excluding hydrogens is 242 g/mol. The average Bonchev–Trinajstić information content (AvgIpc) is 2.32. The minimum Gasteiger partial charge on any atom is -0.496 e. The maximum absolute atomic E-state index is 11.4. The summed E-state index contributed by atoms with van der Waals surface area (Å²) in [6.45, 7) is 2.56. The molecule has 0 aromatic heterocycles. The van der Waals surface area contributed by atoms with Crippen LogP contribution < -0.4 is 9.64 Å². The Morgan fingerprint density at radius 3 is 2.58 bits per heavy atom. The van der Waals surface area contributed by atoms with Gasteiger partial charge in [-0.25, -0.2) is 0 Å². The van der Waals surface area contributed by atoms with Gasteiger partial charge in [0.05, 0.1) is 12.5 Å². The van der Waals surface area contributed by atoms with Gasteiger partial charge in [-0.05, 0) is 43.5 Å². The maximum atomic E-state index is 11.4. The molecule has 0 radical (unpaired) electrons. The van der Waals surface area contributed by atoms with E-state index in [1.165, 1.54) is 0 Å². The number of hydrogen-bond acceptors (Lipinski definition) is 3. The SMILES string of the molecule is COc1ccc(N(C)CC2(C(=O)O)CCC2)cc1C. The van der Waals surface area contributed by atoms with Crippen molar-refractivity contribution in [1.29, 1.82) is 0 Å². The van der Waals surface area contributed by atoms with E-state index in [4.69, 9.17) is 4.74 Å². The number of aryl methyl sites for hydroxylation is 1. The number of aliphatic carboxylic acids is 1. The largest absolute Gasteiger partial charge is 0.496 e. The maximum Gasteiger partial charge on any atom is 0.311 e. The molecule has 104 valence electrons. The molecule has 0 unspecified atom stereocenters. The lowest BCUT2D eigenvalue weighted by molar-refractivity contribution is -0.153. The van der Waals surface area contributed by atoms with Crippen molar-refractivity contribution >= 4 is 11.7 Å². The minimum absolute atomic E-state index is 0.553. The number of hydrogen-bond donors (Lipinski definition) is 1. The van der Waals surface area contributed by atoms with Gasteiger partial charge in [0.1, 0.15) is 5.75 Å². The van der Waals surface area contributed by atoms with Gasteiger partial charge in [0.2, 0.25) is 0 Å². The number of nitrogens with zero attached hydrogens (tertiary/aromatic N) is 1. The molecule has 2 rings (SSSR count). The third-order valence-electron chi connectivity index (χ3n) is 4.12. The van der Waals surface area contributed by atoms with E-state index >= 15 is 0 Å². The Morgan fingerprint density at radius 1 is 1.47 bits per heavy atom. The molecular formula is C15H21NO3. The van der Waals surface area contributed by atoms with E-state index in [-0.39, 0.29) is 0 Å². The highest BCUT2D eigenvalue weighted by molar-refractivity contribution is 5.76. The van der Waals surface area contributed by atoms with Crippen LogP contribution >= 0.6 is 0 Å². The van der Waals surface area contributed by atoms with Crippen LogP contribution in [0, 0.1) is 12.3 Å². The first-order valence-electron chi connectivity index (χ1n) is 6.58. The molecule has 0 saturated heterocycles. The van der Waals surface area contributed by atoms with E-state index in [0.29, 0.717) is 6.54 Å². The molecule has 0 spiro atoms. The highest BCUT2D eigenvalue weighted by Gasteiger charge is 2.45. The van der Waals surface area contributed by atoms with E-state index in [2.05, 4.69) is 0 Å². The first-order valence-corrected chi connectivity index (χ1v) is 6.58. The molecule has 1 aromatic rings. The van der Waals surface area contributed by atoms with Crippen molar-refractivity contribution in [3.63, 3.8) is 0 Å². The molecule has 1 aliphatic rings. The zero-order valence-corrected chi connectivity index (χ0v) is 11.8. The van der Waals surface area contributed by atoms with Gasteiger partial charge in [-0.3, -0.25) is 4.79 Å². The number of carbonyl (C=O) groups is 1. The highest BCUT2D eigenvalue weighted by atomic mass is 16.5. The quantitative estimate of drug-likeness (QED) is 0.887. The van der Waals surface area contributed by atoms with Crippen LogP contribution in [0.3, 0.4) is 0 Å². The van der Waals surface area contributed by atoms with Crippen LogP contribution in [0.25, 0.3) is 0 Å². The van der Waals surface area contributed by atoms with Crippen LogP contribution in [0.1, 0.15) is 24.8 Å². The molecule has 4 heteroatoms. The van der Waals surface area contributed by atoms with Crippen LogP contribution in [0.2, 0.25) is 0 Å². The second-order valence-electron chi connectivity index (χ2n) is 5.45. The molecule has 1 aliphatic carbocycles. The van der Waals surface area contributed by atoms with Gasteiger partial charge in [-0.15, -0.1) is 0 Å². The monoisotopic (exact) mass is 263 g/mol. The highest BCUT2D eigenvalue weighted by Crippen LogP contribution is 2.42. The summed E-state index contributed by atoms with van der Waals surface area (Å²) in [7, 11) is 3.60. The standard InChI is InChI=1S/C15H21NO3/c1-11-9-12(5-6-13(11)19-3)16(2)10-15(14(17)18)7-4-8-15/h5-6,9H,4,7-8,10H2,1-3H3,(H,17,18). The summed E-state index contributed by atoms with van der Waals surface area (Å²) in [4.78, 5) is 13.4. The Kier molecular flexibility index (Phi) is 3.69. The Morgan fingerprint density at radius 2 is 2.16 bits per heavy atom. The van der Waals surface area contributed by atoms with E-state index in [1.807, 2.05) is 37.1 Å². The number of rotatable bonds is 5. The first-order chi connectivity index (χ1) is 8.98. The van der Waals surface area contributed by atoms with Crippen molar-refractivity contribution in [2.24, 2.45) is 5.41 Å². The van der Waals surface area contributed by atoms with Crippen molar-refractivity contribution in [2.75, 3.05) is 25.6 Å². The summed E-state index contributed by atoms with van der Waals surface area (Å²) in [6, 6.07) is 5.93. The minimum atomic E-state index is -0.671. The van der Waals surface area contributed by atoms with Gasteiger partial charge in [-0.2, -0.15) is 0 Å². The molecule has 0 bridgehead atoms. The fourth-order valence-electron chi connectivity index (χ4n) is 2.69. The summed E-state index contributed by atoms with van der Waals surface area (Å²) < 4.78 is 5.24. The van der Waals surface area contributed by atoms with Crippen molar-refractivity contribution in [3.05, 3.63) is 23.8 Å². The summed E-state index contributed by atoms with van der Waals surface area (Å²) >= 11 is 0. The summed E-state index contributed by atoms with van der Waals surface area (Å²) in [5.74, 6) is 0.185. The second kappa shape index (κ2) is 5.11. The topological polar surface area (TPSA) is 49.8 Å². The van der Waals surface area contributed by atoms with Gasteiger partial charge in [0, 0.05) is 19.3 Å². The number of benzene rings is 1. The van der Waals surface area contributed by atoms with Crippen molar-refractivity contribution in [2.45, 2.75) is 26.2 Å². The van der Waals surface area contributed by atoms with Crippen LogP contribution in [0.5, 0.6) is 5.75 Å². The third-order valence-corrected chi connectivity index (χ3v) is 4.12. The lowest BCUT2D eigenvalue weighted by Crippen LogP contribution is -2.46. The first kappa shape index (κ1) is 13.7. The fraction of sp³-hybridized carbons (Fsp3) is 0.533. The van der Waals surface area contributed by atoms with Gasteiger partial charge >= 0.3 is 5.97 Å². The van der Waals surface area contributed by atoms with Gasteiger partial charge in [0.25, 0.3) is 0 Å². The summed E-state index contributed by atoms with van der Waals surface area (Å²) in [5.41, 5.74) is 1.54. The van der Waals surface area contributed by atoms with Crippen LogP contribution in [-0.4, -0.2) is 31.8 Å². The number of ether oxygens (including phenoxy) is 1.